The van der Waals surface area contributed by atoms with Gasteiger partial charge in [0.05, 0.1) is 34.6 Å². The number of nitrogens with zero attached hydrogens (tertiary/aromatic N) is 5. The van der Waals surface area contributed by atoms with Crippen molar-refractivity contribution in [3.8, 4) is 39.7 Å². The number of fused-ring (bicyclic) bond motifs is 2. The molecular weight excluding hydrogens is 483 g/mol. The molecule has 10 heteroatoms. The number of H-pyrrole nitrogens is 2. The van der Waals surface area contributed by atoms with Gasteiger partial charge in [0.1, 0.15) is 23.2 Å². The SMILES string of the molecule is Fc1cccc(-c2cncc3[nH]c(-c4n[nH]c5ccc(-c6cncc(OC7CCNCC7)c6)nc45)nc23)c1. The van der Waals surface area contributed by atoms with Crippen molar-refractivity contribution >= 4 is 22.1 Å². The van der Waals surface area contributed by atoms with Crippen LogP contribution in [-0.4, -0.2) is 54.3 Å². The molecule has 5 aromatic heterocycles. The molecule has 0 aliphatic carbocycles. The minimum absolute atomic E-state index is 0.184. The van der Waals surface area contributed by atoms with Crippen LogP contribution in [-0.2, 0) is 0 Å². The molecule has 1 fully saturated rings. The van der Waals surface area contributed by atoms with Gasteiger partial charge in [-0.2, -0.15) is 5.10 Å². The van der Waals surface area contributed by atoms with E-state index in [1.54, 1.807) is 30.9 Å². The van der Waals surface area contributed by atoms with Crippen molar-refractivity contribution < 1.29 is 9.13 Å². The van der Waals surface area contributed by atoms with E-state index in [-0.39, 0.29) is 11.9 Å². The first kappa shape index (κ1) is 22.5. The number of rotatable bonds is 5. The molecule has 0 saturated carbocycles. The third-order valence-corrected chi connectivity index (χ3v) is 6.76. The van der Waals surface area contributed by atoms with Crippen molar-refractivity contribution in [1.82, 2.24) is 40.4 Å². The zero-order valence-electron chi connectivity index (χ0n) is 20.3. The zero-order chi connectivity index (χ0) is 25.5. The van der Waals surface area contributed by atoms with E-state index in [9.17, 15) is 4.39 Å². The van der Waals surface area contributed by atoms with E-state index in [4.69, 9.17) is 14.7 Å². The molecule has 0 radical (unpaired) electrons. The fourth-order valence-electron chi connectivity index (χ4n) is 4.87. The Hall–Kier alpha value is -4.70. The molecule has 6 aromatic rings. The number of halogens is 1. The highest BCUT2D eigenvalue weighted by atomic mass is 19.1. The Morgan fingerprint density at radius 3 is 2.63 bits per heavy atom. The van der Waals surface area contributed by atoms with Gasteiger partial charge in [-0.15, -0.1) is 0 Å². The summed E-state index contributed by atoms with van der Waals surface area (Å²) in [6.45, 7) is 1.92. The second-order valence-electron chi connectivity index (χ2n) is 9.32. The van der Waals surface area contributed by atoms with Crippen LogP contribution >= 0.6 is 0 Å². The van der Waals surface area contributed by atoms with Crippen LogP contribution in [0.15, 0.2) is 67.3 Å². The maximum Gasteiger partial charge on any atom is 0.161 e. The molecule has 3 N–H and O–H groups in total. The van der Waals surface area contributed by atoms with Crippen molar-refractivity contribution in [3.05, 3.63) is 73.1 Å². The lowest BCUT2D eigenvalue weighted by Crippen LogP contribution is -2.34. The first-order valence-corrected chi connectivity index (χ1v) is 12.5. The minimum Gasteiger partial charge on any atom is -0.489 e. The number of benzene rings is 1. The summed E-state index contributed by atoms with van der Waals surface area (Å²) in [6.07, 6.45) is 9.03. The molecule has 0 spiro atoms. The Kier molecular flexibility index (Phi) is 5.51. The maximum atomic E-state index is 13.9. The standard InChI is InChI=1S/C28H23FN8O/c29-18-3-1-2-16(10-18)21-14-32-15-24-25(21)35-28(34-24)27-26-23(36-37-27)5-4-22(33-26)17-11-20(13-31-12-17)38-19-6-8-30-9-7-19/h1-5,10-15,19,30H,6-9H2,(H,34,35)(H,36,37). The summed E-state index contributed by atoms with van der Waals surface area (Å²) in [5.41, 5.74) is 6.48. The van der Waals surface area contributed by atoms with Gasteiger partial charge in [-0.1, -0.05) is 12.1 Å². The number of nitrogens with one attached hydrogen (secondary N) is 3. The zero-order valence-corrected chi connectivity index (χ0v) is 20.3. The molecule has 6 heterocycles. The van der Waals surface area contributed by atoms with Crippen LogP contribution in [0.1, 0.15) is 12.8 Å². The number of piperidine rings is 1. The largest absolute Gasteiger partial charge is 0.489 e. The van der Waals surface area contributed by atoms with Gasteiger partial charge in [0.25, 0.3) is 0 Å². The van der Waals surface area contributed by atoms with Crippen molar-refractivity contribution in [2.45, 2.75) is 18.9 Å². The molecule has 188 valence electrons. The van der Waals surface area contributed by atoms with Crippen molar-refractivity contribution in [2.75, 3.05) is 13.1 Å². The minimum atomic E-state index is -0.315. The van der Waals surface area contributed by atoms with E-state index < -0.39 is 0 Å². The molecule has 9 nitrogen and oxygen atoms in total. The summed E-state index contributed by atoms with van der Waals surface area (Å²) >= 11 is 0. The van der Waals surface area contributed by atoms with E-state index in [2.05, 4.69) is 30.5 Å². The predicted molar refractivity (Wildman–Crippen MR) is 142 cm³/mol. The molecular formula is C28H23FN8O. The lowest BCUT2D eigenvalue weighted by atomic mass is 10.1. The Bertz CT molecular complexity index is 1770. The number of hydrogen-bond acceptors (Lipinski definition) is 7. The van der Waals surface area contributed by atoms with Gasteiger partial charge in [0.15, 0.2) is 11.5 Å². The van der Waals surface area contributed by atoms with Crippen LogP contribution in [0.2, 0.25) is 0 Å². The third kappa shape index (κ3) is 4.14. The third-order valence-electron chi connectivity index (χ3n) is 6.76. The van der Waals surface area contributed by atoms with Crippen LogP contribution in [0.4, 0.5) is 4.39 Å². The summed E-state index contributed by atoms with van der Waals surface area (Å²) in [7, 11) is 0. The number of aromatic amines is 2. The molecule has 1 aliphatic heterocycles. The molecule has 7 rings (SSSR count). The number of hydrogen-bond donors (Lipinski definition) is 3. The predicted octanol–water partition coefficient (Wildman–Crippen LogP) is 4.90. The Morgan fingerprint density at radius 2 is 1.74 bits per heavy atom. The summed E-state index contributed by atoms with van der Waals surface area (Å²) in [4.78, 5) is 21.7. The second kappa shape index (κ2) is 9.31. The molecule has 1 aliphatic rings. The monoisotopic (exact) mass is 506 g/mol. The average Bonchev–Trinajstić information content (AvgIpc) is 3.57. The number of pyridine rings is 3. The molecule has 0 bridgehead atoms. The van der Waals surface area contributed by atoms with E-state index in [0.29, 0.717) is 28.1 Å². The first-order chi connectivity index (χ1) is 18.7. The molecule has 0 atom stereocenters. The van der Waals surface area contributed by atoms with Crippen molar-refractivity contribution in [2.24, 2.45) is 0 Å². The summed E-state index contributed by atoms with van der Waals surface area (Å²) < 4.78 is 20.1. The highest BCUT2D eigenvalue weighted by Gasteiger charge is 2.18. The molecule has 38 heavy (non-hydrogen) atoms. The van der Waals surface area contributed by atoms with Crippen molar-refractivity contribution in [1.29, 1.82) is 0 Å². The highest BCUT2D eigenvalue weighted by Crippen LogP contribution is 2.32. The van der Waals surface area contributed by atoms with E-state index >= 15 is 0 Å². The Balaban J connectivity index is 1.26. The fourth-order valence-corrected chi connectivity index (χ4v) is 4.87. The quantitative estimate of drug-likeness (QED) is 0.305. The highest BCUT2D eigenvalue weighted by molar-refractivity contribution is 5.95. The van der Waals surface area contributed by atoms with Crippen LogP contribution in [0.5, 0.6) is 5.75 Å². The molecule has 0 amide bonds. The fraction of sp³-hybridized carbons (Fsp3) is 0.179. The Labute approximate surface area is 216 Å². The number of aromatic nitrogens is 7. The number of imidazole rings is 1. The Morgan fingerprint density at radius 1 is 0.842 bits per heavy atom. The van der Waals surface area contributed by atoms with Gasteiger partial charge in [-0.3, -0.25) is 15.1 Å². The first-order valence-electron chi connectivity index (χ1n) is 12.5. The lowest BCUT2D eigenvalue weighted by molar-refractivity contribution is 0.162. The molecule has 1 saturated heterocycles. The van der Waals surface area contributed by atoms with Crippen LogP contribution in [0.25, 0.3) is 56.0 Å². The van der Waals surface area contributed by atoms with E-state index in [1.165, 1.54) is 12.1 Å². The summed E-state index contributed by atoms with van der Waals surface area (Å²) in [5.74, 6) is 0.964. The smallest absolute Gasteiger partial charge is 0.161 e. The molecule has 1 aromatic carbocycles. The van der Waals surface area contributed by atoms with Crippen LogP contribution < -0.4 is 10.1 Å². The lowest BCUT2D eigenvalue weighted by Gasteiger charge is -2.23. The average molecular weight is 507 g/mol. The summed E-state index contributed by atoms with van der Waals surface area (Å²) in [6, 6.07) is 12.2. The van der Waals surface area contributed by atoms with E-state index in [0.717, 1.165) is 59.5 Å². The van der Waals surface area contributed by atoms with Crippen LogP contribution in [0.3, 0.4) is 0 Å². The van der Waals surface area contributed by atoms with E-state index in [1.807, 2.05) is 24.3 Å². The topological polar surface area (TPSA) is 117 Å². The van der Waals surface area contributed by atoms with Gasteiger partial charge in [-0.05, 0) is 61.8 Å². The van der Waals surface area contributed by atoms with Crippen LogP contribution in [0, 0.1) is 5.82 Å². The van der Waals surface area contributed by atoms with Crippen molar-refractivity contribution in [3.63, 3.8) is 0 Å². The van der Waals surface area contributed by atoms with Gasteiger partial charge < -0.3 is 15.0 Å². The second-order valence-corrected chi connectivity index (χ2v) is 9.32. The molecule has 0 unspecified atom stereocenters. The van der Waals surface area contributed by atoms with Gasteiger partial charge in [0, 0.05) is 23.5 Å². The van der Waals surface area contributed by atoms with Gasteiger partial charge >= 0.3 is 0 Å². The van der Waals surface area contributed by atoms with Gasteiger partial charge in [-0.25, -0.2) is 14.4 Å². The normalized spacial score (nSPS) is 14.3. The number of ether oxygens (including phenoxy) is 1. The summed E-state index contributed by atoms with van der Waals surface area (Å²) in [5, 5.41) is 10.9. The van der Waals surface area contributed by atoms with Gasteiger partial charge in [0.2, 0.25) is 0 Å². The maximum absolute atomic E-state index is 13.9.